The molecule has 2 rings (SSSR count). The number of hydrogen-bond donors (Lipinski definition) is 0. The SMILES string of the molecule is COC(=O)C[C@H](C(=O)N1CN(c2ccccc2)C[C@H]1C(=O)OC)C(C)C. The summed E-state index contributed by atoms with van der Waals surface area (Å²) in [5, 5.41) is 0. The molecule has 26 heavy (non-hydrogen) atoms. The molecule has 0 unspecified atom stereocenters. The van der Waals surface area contributed by atoms with Crippen LogP contribution in [0.3, 0.4) is 0 Å². The van der Waals surface area contributed by atoms with Gasteiger partial charge in [-0.2, -0.15) is 0 Å². The molecule has 0 bridgehead atoms. The Labute approximate surface area is 153 Å². The number of rotatable bonds is 6. The van der Waals surface area contributed by atoms with Crippen molar-refractivity contribution in [1.82, 2.24) is 4.90 Å². The molecule has 1 saturated heterocycles. The molecule has 7 nitrogen and oxygen atoms in total. The number of para-hydroxylation sites is 1. The number of hydrogen-bond acceptors (Lipinski definition) is 6. The van der Waals surface area contributed by atoms with Crippen molar-refractivity contribution in [3.63, 3.8) is 0 Å². The lowest BCUT2D eigenvalue weighted by molar-refractivity contribution is -0.154. The number of carbonyl (C=O) groups excluding carboxylic acids is 3. The summed E-state index contributed by atoms with van der Waals surface area (Å²) >= 11 is 0. The van der Waals surface area contributed by atoms with Crippen LogP contribution in [-0.4, -0.2) is 56.2 Å². The van der Waals surface area contributed by atoms with Crippen LogP contribution in [0.1, 0.15) is 20.3 Å². The van der Waals surface area contributed by atoms with Gasteiger partial charge in [-0.1, -0.05) is 32.0 Å². The lowest BCUT2D eigenvalue weighted by Gasteiger charge is -2.28. The highest BCUT2D eigenvalue weighted by atomic mass is 16.5. The smallest absolute Gasteiger partial charge is 0.330 e. The fraction of sp³-hybridized carbons (Fsp3) is 0.526. The second-order valence-corrected chi connectivity index (χ2v) is 6.68. The van der Waals surface area contributed by atoms with Crippen molar-refractivity contribution in [2.45, 2.75) is 26.3 Å². The van der Waals surface area contributed by atoms with Crippen LogP contribution >= 0.6 is 0 Å². The monoisotopic (exact) mass is 362 g/mol. The van der Waals surface area contributed by atoms with E-state index in [0.717, 1.165) is 5.69 Å². The van der Waals surface area contributed by atoms with Gasteiger partial charge in [-0.25, -0.2) is 4.79 Å². The maximum atomic E-state index is 13.1. The van der Waals surface area contributed by atoms with Gasteiger partial charge in [0.15, 0.2) is 0 Å². The van der Waals surface area contributed by atoms with Gasteiger partial charge in [-0.3, -0.25) is 9.59 Å². The molecular formula is C19H26N2O5. The Balaban J connectivity index is 2.26. The Morgan fingerprint density at radius 2 is 1.77 bits per heavy atom. The Morgan fingerprint density at radius 3 is 2.31 bits per heavy atom. The van der Waals surface area contributed by atoms with Gasteiger partial charge in [-0.05, 0) is 18.1 Å². The number of nitrogens with zero attached hydrogens (tertiary/aromatic N) is 2. The predicted octanol–water partition coefficient (Wildman–Crippen LogP) is 1.67. The Morgan fingerprint density at radius 1 is 1.12 bits per heavy atom. The zero-order chi connectivity index (χ0) is 19.3. The molecule has 1 heterocycles. The van der Waals surface area contributed by atoms with E-state index in [1.807, 2.05) is 49.1 Å². The van der Waals surface area contributed by atoms with Gasteiger partial charge in [0, 0.05) is 5.69 Å². The third-order valence-electron chi connectivity index (χ3n) is 4.71. The van der Waals surface area contributed by atoms with Crippen molar-refractivity contribution < 1.29 is 23.9 Å². The first-order valence-electron chi connectivity index (χ1n) is 8.64. The van der Waals surface area contributed by atoms with Crippen LogP contribution in [-0.2, 0) is 23.9 Å². The van der Waals surface area contributed by atoms with Crippen molar-refractivity contribution in [3.05, 3.63) is 30.3 Å². The number of benzene rings is 1. The van der Waals surface area contributed by atoms with Crippen LogP contribution in [0.5, 0.6) is 0 Å². The molecule has 142 valence electrons. The normalized spacial score (nSPS) is 18.0. The standard InChI is InChI=1S/C19H26N2O5/c1-13(2)15(10-17(22)25-3)18(23)21-12-20(11-16(21)19(24)26-4)14-8-6-5-7-9-14/h5-9,13,15-16H,10-12H2,1-4H3/t15-,16-/m0/s1. The zero-order valence-corrected chi connectivity index (χ0v) is 15.7. The highest BCUT2D eigenvalue weighted by Crippen LogP contribution is 2.27. The topological polar surface area (TPSA) is 76.2 Å². The van der Waals surface area contributed by atoms with Crippen LogP contribution in [0.25, 0.3) is 0 Å². The fourth-order valence-corrected chi connectivity index (χ4v) is 3.12. The molecule has 1 aromatic rings. The van der Waals surface area contributed by atoms with Crippen LogP contribution in [0.2, 0.25) is 0 Å². The van der Waals surface area contributed by atoms with E-state index >= 15 is 0 Å². The molecule has 1 aliphatic heterocycles. The maximum Gasteiger partial charge on any atom is 0.330 e. The van der Waals surface area contributed by atoms with Crippen molar-refractivity contribution in [2.75, 3.05) is 32.3 Å². The highest BCUT2D eigenvalue weighted by Gasteiger charge is 2.42. The molecule has 0 N–H and O–H groups in total. The van der Waals surface area contributed by atoms with E-state index < -0.39 is 23.9 Å². The summed E-state index contributed by atoms with van der Waals surface area (Å²) in [6.07, 6.45) is -0.0112. The Hall–Kier alpha value is -2.57. The minimum absolute atomic E-state index is 0.0112. The number of anilines is 1. The number of esters is 2. The summed E-state index contributed by atoms with van der Waals surface area (Å²) in [4.78, 5) is 40.5. The quantitative estimate of drug-likeness (QED) is 0.717. The largest absolute Gasteiger partial charge is 0.469 e. The van der Waals surface area contributed by atoms with Gasteiger partial charge in [-0.15, -0.1) is 0 Å². The van der Waals surface area contributed by atoms with Crippen LogP contribution in [0.4, 0.5) is 5.69 Å². The molecule has 0 aromatic heterocycles. The Bertz CT molecular complexity index is 647. The van der Waals surface area contributed by atoms with Crippen molar-refractivity contribution in [1.29, 1.82) is 0 Å². The maximum absolute atomic E-state index is 13.1. The van der Waals surface area contributed by atoms with Crippen molar-refractivity contribution in [3.8, 4) is 0 Å². The highest BCUT2D eigenvalue weighted by molar-refractivity contribution is 5.89. The molecule has 1 amide bonds. The van der Waals surface area contributed by atoms with E-state index in [0.29, 0.717) is 6.54 Å². The van der Waals surface area contributed by atoms with Gasteiger partial charge >= 0.3 is 11.9 Å². The first kappa shape index (κ1) is 19.8. The summed E-state index contributed by atoms with van der Waals surface area (Å²) in [6.45, 7) is 4.38. The molecule has 1 aliphatic rings. The third-order valence-corrected chi connectivity index (χ3v) is 4.71. The Kier molecular flexibility index (Phi) is 6.60. The lowest BCUT2D eigenvalue weighted by atomic mass is 9.91. The minimum Gasteiger partial charge on any atom is -0.469 e. The molecule has 0 aliphatic carbocycles. The fourth-order valence-electron chi connectivity index (χ4n) is 3.12. The average molecular weight is 362 g/mol. The number of amides is 1. The molecule has 0 saturated carbocycles. The predicted molar refractivity (Wildman–Crippen MR) is 96.3 cm³/mol. The van der Waals surface area contributed by atoms with Gasteiger partial charge in [0.2, 0.25) is 5.91 Å². The van der Waals surface area contributed by atoms with Crippen LogP contribution < -0.4 is 4.90 Å². The molecule has 7 heteroatoms. The van der Waals surface area contributed by atoms with Gasteiger partial charge in [0.1, 0.15) is 6.04 Å². The van der Waals surface area contributed by atoms with E-state index in [4.69, 9.17) is 9.47 Å². The summed E-state index contributed by atoms with van der Waals surface area (Å²) in [5.41, 5.74) is 0.922. The second-order valence-electron chi connectivity index (χ2n) is 6.68. The number of carbonyl (C=O) groups is 3. The average Bonchev–Trinajstić information content (AvgIpc) is 3.10. The van der Waals surface area contributed by atoms with E-state index in [1.165, 1.54) is 19.1 Å². The van der Waals surface area contributed by atoms with E-state index in [1.54, 1.807) is 0 Å². The molecule has 0 radical (unpaired) electrons. The molecule has 0 spiro atoms. The second kappa shape index (κ2) is 8.69. The summed E-state index contributed by atoms with van der Waals surface area (Å²) in [7, 11) is 2.61. The van der Waals surface area contributed by atoms with E-state index in [-0.39, 0.29) is 24.9 Å². The van der Waals surface area contributed by atoms with Crippen molar-refractivity contribution >= 4 is 23.5 Å². The summed E-state index contributed by atoms with van der Waals surface area (Å²) in [6, 6.07) is 8.87. The zero-order valence-electron chi connectivity index (χ0n) is 15.7. The molecule has 1 aromatic carbocycles. The van der Waals surface area contributed by atoms with E-state index in [9.17, 15) is 14.4 Å². The summed E-state index contributed by atoms with van der Waals surface area (Å²) < 4.78 is 9.61. The first-order chi connectivity index (χ1) is 12.4. The molecular weight excluding hydrogens is 336 g/mol. The summed E-state index contributed by atoms with van der Waals surface area (Å²) in [5.74, 6) is -1.75. The number of ether oxygens (including phenoxy) is 2. The van der Waals surface area contributed by atoms with Crippen molar-refractivity contribution in [2.24, 2.45) is 11.8 Å². The van der Waals surface area contributed by atoms with Gasteiger partial charge in [0.05, 0.1) is 39.8 Å². The van der Waals surface area contributed by atoms with E-state index in [2.05, 4.69) is 0 Å². The molecule has 2 atom stereocenters. The van der Waals surface area contributed by atoms with Gasteiger partial charge in [0.25, 0.3) is 0 Å². The first-order valence-corrected chi connectivity index (χ1v) is 8.64. The molecule has 1 fully saturated rings. The van der Waals surface area contributed by atoms with Crippen LogP contribution in [0, 0.1) is 11.8 Å². The third kappa shape index (κ3) is 4.33. The lowest BCUT2D eigenvalue weighted by Crippen LogP contribution is -2.46. The minimum atomic E-state index is -0.702. The number of methoxy groups -OCH3 is 2. The van der Waals surface area contributed by atoms with Gasteiger partial charge < -0.3 is 19.3 Å². The van der Waals surface area contributed by atoms with Crippen LogP contribution in [0.15, 0.2) is 30.3 Å².